The van der Waals surface area contributed by atoms with Crippen molar-refractivity contribution in [2.45, 2.75) is 13.8 Å². The second kappa shape index (κ2) is 5.35. The van der Waals surface area contributed by atoms with Crippen LogP contribution in [0.4, 0.5) is 0 Å². The average Bonchev–Trinajstić information content (AvgIpc) is 1.85. The van der Waals surface area contributed by atoms with Crippen molar-refractivity contribution in [3.05, 3.63) is 11.8 Å². The van der Waals surface area contributed by atoms with Crippen molar-refractivity contribution >= 4 is 6.21 Å². The number of nitrogens with one attached hydrogen (secondary N) is 1. The van der Waals surface area contributed by atoms with E-state index < -0.39 is 0 Å². The van der Waals surface area contributed by atoms with Gasteiger partial charge in [-0.2, -0.15) is 0 Å². The van der Waals surface area contributed by atoms with Gasteiger partial charge in [0.2, 0.25) is 0 Å². The van der Waals surface area contributed by atoms with Crippen LogP contribution >= 0.6 is 0 Å². The number of aliphatic imine (C=N–C) groups is 1. The maximum Gasteiger partial charge on any atom is 0.0361 e. The van der Waals surface area contributed by atoms with Gasteiger partial charge in [-0.1, -0.05) is 0 Å². The van der Waals surface area contributed by atoms with Crippen molar-refractivity contribution in [3.63, 3.8) is 0 Å². The average molecular weight is 126 g/mol. The highest BCUT2D eigenvalue weighted by Crippen LogP contribution is 1.82. The fourth-order valence-electron chi connectivity index (χ4n) is 0.500. The van der Waals surface area contributed by atoms with E-state index in [9.17, 15) is 0 Å². The zero-order chi connectivity index (χ0) is 7.11. The molecule has 0 aromatic carbocycles. The predicted molar refractivity (Wildman–Crippen MR) is 41.8 cm³/mol. The summed E-state index contributed by atoms with van der Waals surface area (Å²) in [7, 11) is 1.88. The zero-order valence-corrected chi connectivity index (χ0v) is 6.31. The van der Waals surface area contributed by atoms with Crippen LogP contribution in [0.1, 0.15) is 13.8 Å². The van der Waals surface area contributed by atoms with Gasteiger partial charge in [0, 0.05) is 26.0 Å². The molecule has 9 heavy (non-hydrogen) atoms. The highest BCUT2D eigenvalue weighted by atomic mass is 14.8. The Morgan fingerprint density at radius 1 is 1.67 bits per heavy atom. The number of hydrogen-bond acceptors (Lipinski definition) is 2. The van der Waals surface area contributed by atoms with Crippen LogP contribution < -0.4 is 5.32 Å². The summed E-state index contributed by atoms with van der Waals surface area (Å²) < 4.78 is 0. The minimum absolute atomic E-state index is 0.856. The molecule has 2 nitrogen and oxygen atoms in total. The fourth-order valence-corrected chi connectivity index (χ4v) is 0.500. The summed E-state index contributed by atoms with van der Waals surface area (Å²) in [6, 6.07) is 0. The molecule has 1 N–H and O–H groups in total. The van der Waals surface area contributed by atoms with E-state index in [0.717, 1.165) is 12.1 Å². The predicted octanol–water partition coefficient (Wildman–Crippen LogP) is 1.20. The molecule has 0 bridgehead atoms. The molecular weight excluding hydrogens is 112 g/mol. The normalized spacial score (nSPS) is 12.6. The molecule has 2 heteroatoms. The smallest absolute Gasteiger partial charge is 0.0361 e. The number of rotatable bonds is 3. The molecule has 0 heterocycles. The maximum absolute atomic E-state index is 4.06. The van der Waals surface area contributed by atoms with E-state index in [2.05, 4.69) is 10.3 Å². The van der Waals surface area contributed by atoms with Crippen LogP contribution in [0, 0.1) is 0 Å². The Kier molecular flexibility index (Phi) is 4.88. The number of allylic oxidation sites excluding steroid dienone is 1. The Morgan fingerprint density at radius 2 is 2.33 bits per heavy atom. The van der Waals surface area contributed by atoms with E-state index >= 15 is 0 Å². The van der Waals surface area contributed by atoms with E-state index in [4.69, 9.17) is 0 Å². The standard InChI is InChI=1S/C7H14N2/c1-4-9-6-7(2)5-8-3/h5-6,8H,4H2,1-3H3/b7-5-,9-6-. The lowest BCUT2D eigenvalue weighted by atomic mass is 10.4. The van der Waals surface area contributed by atoms with Gasteiger partial charge in [0.25, 0.3) is 0 Å². The van der Waals surface area contributed by atoms with Gasteiger partial charge in [-0.3, -0.25) is 4.99 Å². The maximum atomic E-state index is 4.06. The molecule has 0 atom stereocenters. The van der Waals surface area contributed by atoms with E-state index in [-0.39, 0.29) is 0 Å². The highest BCUT2D eigenvalue weighted by Gasteiger charge is 1.76. The fraction of sp³-hybridized carbons (Fsp3) is 0.571. The van der Waals surface area contributed by atoms with E-state index in [1.165, 1.54) is 0 Å². The minimum Gasteiger partial charge on any atom is -0.394 e. The zero-order valence-electron chi connectivity index (χ0n) is 6.31. The summed E-state index contributed by atoms with van der Waals surface area (Å²) in [5.74, 6) is 0. The third-order valence-electron chi connectivity index (χ3n) is 0.850. The van der Waals surface area contributed by atoms with Crippen molar-refractivity contribution in [3.8, 4) is 0 Å². The summed E-state index contributed by atoms with van der Waals surface area (Å²) in [6.45, 7) is 4.88. The van der Waals surface area contributed by atoms with Crippen LogP contribution in [0.25, 0.3) is 0 Å². The van der Waals surface area contributed by atoms with Gasteiger partial charge in [-0.15, -0.1) is 0 Å². The Bertz CT molecular complexity index is 114. The van der Waals surface area contributed by atoms with Crippen LogP contribution in [0.15, 0.2) is 16.8 Å². The largest absolute Gasteiger partial charge is 0.394 e. The van der Waals surface area contributed by atoms with E-state index in [1.54, 1.807) is 0 Å². The molecule has 0 aliphatic rings. The summed E-state index contributed by atoms with van der Waals surface area (Å²) >= 11 is 0. The Labute approximate surface area is 56.7 Å². The molecule has 0 aliphatic heterocycles. The van der Waals surface area contributed by atoms with Crippen LogP contribution in [-0.4, -0.2) is 19.8 Å². The monoisotopic (exact) mass is 126 g/mol. The highest BCUT2D eigenvalue weighted by molar-refractivity contribution is 5.77. The summed E-state index contributed by atoms with van der Waals surface area (Å²) in [6.07, 6.45) is 3.77. The topological polar surface area (TPSA) is 24.4 Å². The first-order valence-corrected chi connectivity index (χ1v) is 3.15. The van der Waals surface area contributed by atoms with Gasteiger partial charge in [0.05, 0.1) is 0 Å². The quantitative estimate of drug-likeness (QED) is 0.564. The molecule has 0 amide bonds. The molecule has 0 spiro atoms. The third-order valence-corrected chi connectivity index (χ3v) is 0.850. The number of nitrogens with zero attached hydrogens (tertiary/aromatic N) is 1. The lowest BCUT2D eigenvalue weighted by molar-refractivity contribution is 1.08. The first-order valence-electron chi connectivity index (χ1n) is 3.15. The van der Waals surface area contributed by atoms with Crippen LogP contribution in [0.5, 0.6) is 0 Å². The molecule has 0 rings (SSSR count). The Morgan fingerprint density at radius 3 is 2.78 bits per heavy atom. The first kappa shape index (κ1) is 8.21. The van der Waals surface area contributed by atoms with Crippen LogP contribution in [-0.2, 0) is 0 Å². The van der Waals surface area contributed by atoms with E-state index in [1.807, 2.05) is 33.3 Å². The molecule has 0 saturated heterocycles. The molecule has 0 radical (unpaired) electrons. The van der Waals surface area contributed by atoms with E-state index in [0.29, 0.717) is 0 Å². The van der Waals surface area contributed by atoms with Gasteiger partial charge in [-0.05, 0) is 19.4 Å². The van der Waals surface area contributed by atoms with Gasteiger partial charge in [0.15, 0.2) is 0 Å². The van der Waals surface area contributed by atoms with Gasteiger partial charge >= 0.3 is 0 Å². The van der Waals surface area contributed by atoms with Crippen molar-refractivity contribution in [1.82, 2.24) is 5.32 Å². The SMILES string of the molecule is CC/N=C\C(C)=C/NC. The van der Waals surface area contributed by atoms with Crippen molar-refractivity contribution in [2.24, 2.45) is 4.99 Å². The number of hydrogen-bond donors (Lipinski definition) is 1. The summed E-state index contributed by atoms with van der Waals surface area (Å²) in [5.41, 5.74) is 1.15. The van der Waals surface area contributed by atoms with Crippen LogP contribution in [0.2, 0.25) is 0 Å². The molecule has 0 aromatic heterocycles. The van der Waals surface area contributed by atoms with Crippen molar-refractivity contribution < 1.29 is 0 Å². The van der Waals surface area contributed by atoms with Crippen molar-refractivity contribution in [1.29, 1.82) is 0 Å². The second-order valence-electron chi connectivity index (χ2n) is 1.80. The minimum atomic E-state index is 0.856. The van der Waals surface area contributed by atoms with Gasteiger partial charge < -0.3 is 5.32 Å². The molecule has 0 saturated carbocycles. The van der Waals surface area contributed by atoms with Gasteiger partial charge in [-0.25, -0.2) is 0 Å². The van der Waals surface area contributed by atoms with Gasteiger partial charge in [0.1, 0.15) is 0 Å². The molecule has 52 valence electrons. The molecule has 0 aliphatic carbocycles. The third kappa shape index (κ3) is 5.07. The Balaban J connectivity index is 3.60. The Hall–Kier alpha value is -0.790. The van der Waals surface area contributed by atoms with Crippen LogP contribution in [0.3, 0.4) is 0 Å². The second-order valence-corrected chi connectivity index (χ2v) is 1.80. The van der Waals surface area contributed by atoms with Crippen molar-refractivity contribution in [2.75, 3.05) is 13.6 Å². The lowest BCUT2D eigenvalue weighted by Crippen LogP contribution is -1.94. The summed E-state index contributed by atoms with van der Waals surface area (Å²) in [4.78, 5) is 4.06. The lowest BCUT2D eigenvalue weighted by Gasteiger charge is -1.89. The molecule has 0 aromatic rings. The summed E-state index contributed by atoms with van der Waals surface area (Å²) in [5, 5.41) is 2.92. The first-order chi connectivity index (χ1) is 4.31. The molecule has 0 fully saturated rings. The molecule has 0 unspecified atom stereocenters. The molecular formula is C7H14N2.